The highest BCUT2D eigenvalue weighted by atomic mass is 16.5. The maximum atomic E-state index is 13.1. The molecule has 0 aliphatic rings. The summed E-state index contributed by atoms with van der Waals surface area (Å²) in [5, 5.41) is 2.81. The van der Waals surface area contributed by atoms with Gasteiger partial charge in [-0.25, -0.2) is 14.3 Å². The third kappa shape index (κ3) is 3.62. The van der Waals surface area contributed by atoms with Gasteiger partial charge in [0.1, 0.15) is 12.3 Å². The molecule has 0 saturated heterocycles. The average Bonchev–Trinajstić information content (AvgIpc) is 3.01. The van der Waals surface area contributed by atoms with Crippen molar-refractivity contribution in [3.63, 3.8) is 0 Å². The molecule has 2 aromatic heterocycles. The van der Waals surface area contributed by atoms with Gasteiger partial charge in [0.15, 0.2) is 5.65 Å². The Balaban J connectivity index is 1.68. The van der Waals surface area contributed by atoms with E-state index < -0.39 is 0 Å². The van der Waals surface area contributed by atoms with Crippen molar-refractivity contribution in [3.05, 3.63) is 82.9 Å². The molecule has 0 aliphatic heterocycles. The number of fused-ring (bicyclic) bond motifs is 1. The van der Waals surface area contributed by atoms with E-state index in [1.165, 1.54) is 9.13 Å². The van der Waals surface area contributed by atoms with Gasteiger partial charge in [-0.2, -0.15) is 0 Å². The molecular weight excluding hydrogens is 368 g/mol. The number of hydrogen-bond acceptors (Lipinski definition) is 4. The molecule has 0 unspecified atom stereocenters. The minimum atomic E-state index is -0.313. The van der Waals surface area contributed by atoms with Crippen LogP contribution in [0.5, 0.6) is 5.75 Å². The number of nitrogens with one attached hydrogen (secondary N) is 1. The lowest BCUT2D eigenvalue weighted by atomic mass is 10.2. The number of imidazole rings is 1. The van der Waals surface area contributed by atoms with Gasteiger partial charge < -0.3 is 10.1 Å². The number of aromatic nitrogens is 3. The second-order valence-corrected chi connectivity index (χ2v) is 6.66. The fraction of sp³-hybridized carbons (Fsp3) is 0.136. The monoisotopic (exact) mass is 388 g/mol. The maximum Gasteiger partial charge on any atom is 0.335 e. The third-order valence-electron chi connectivity index (χ3n) is 4.66. The molecule has 0 radical (unpaired) electrons. The molecule has 4 rings (SSSR count). The summed E-state index contributed by atoms with van der Waals surface area (Å²) >= 11 is 0. The van der Waals surface area contributed by atoms with Gasteiger partial charge in [0.25, 0.3) is 0 Å². The zero-order chi connectivity index (χ0) is 20.4. The largest absolute Gasteiger partial charge is 0.497 e. The first kappa shape index (κ1) is 18.5. The van der Waals surface area contributed by atoms with E-state index in [0.717, 1.165) is 5.56 Å². The molecule has 29 heavy (non-hydrogen) atoms. The van der Waals surface area contributed by atoms with Crippen LogP contribution in [0.3, 0.4) is 0 Å². The van der Waals surface area contributed by atoms with Crippen LogP contribution in [-0.2, 0) is 11.3 Å². The molecule has 0 aliphatic carbocycles. The molecule has 2 heterocycles. The molecule has 0 bridgehead atoms. The van der Waals surface area contributed by atoms with Gasteiger partial charge >= 0.3 is 5.69 Å². The normalized spacial score (nSPS) is 10.8. The first-order valence-corrected chi connectivity index (χ1v) is 9.14. The van der Waals surface area contributed by atoms with Crippen LogP contribution in [0.15, 0.2) is 71.7 Å². The highest BCUT2D eigenvalue weighted by Gasteiger charge is 2.17. The van der Waals surface area contributed by atoms with Gasteiger partial charge in [0.2, 0.25) is 5.91 Å². The quantitative estimate of drug-likeness (QED) is 0.570. The summed E-state index contributed by atoms with van der Waals surface area (Å²) in [7, 11) is 1.58. The molecular formula is C22H20N4O3. The molecule has 1 N–H and O–H groups in total. The summed E-state index contributed by atoms with van der Waals surface area (Å²) in [6, 6.07) is 18.2. The van der Waals surface area contributed by atoms with Gasteiger partial charge in [-0.15, -0.1) is 0 Å². The first-order valence-electron chi connectivity index (χ1n) is 9.14. The summed E-state index contributed by atoms with van der Waals surface area (Å²) in [5.74, 6) is 0.399. The molecule has 7 nitrogen and oxygen atoms in total. The number of benzene rings is 2. The molecule has 0 saturated carbocycles. The SMILES string of the molecule is COc1ccc(NC(=O)Cn2c(=O)n(-c3ccc(C)cc3)c3ncccc32)cc1. The number of carbonyl (C=O) groups is 1. The molecule has 0 atom stereocenters. The summed E-state index contributed by atoms with van der Waals surface area (Å²) < 4.78 is 8.07. The number of carbonyl (C=O) groups excluding carboxylic acids is 1. The summed E-state index contributed by atoms with van der Waals surface area (Å²) in [5.41, 5.74) is 3.23. The zero-order valence-electron chi connectivity index (χ0n) is 16.1. The minimum absolute atomic E-state index is 0.119. The van der Waals surface area contributed by atoms with E-state index in [1.807, 2.05) is 31.2 Å². The Morgan fingerprint density at radius 3 is 2.48 bits per heavy atom. The Morgan fingerprint density at radius 1 is 1.07 bits per heavy atom. The van der Waals surface area contributed by atoms with Crippen LogP contribution in [0.25, 0.3) is 16.9 Å². The predicted octanol–water partition coefficient (Wildman–Crippen LogP) is 3.14. The zero-order valence-corrected chi connectivity index (χ0v) is 16.1. The van der Waals surface area contributed by atoms with Crippen LogP contribution in [0.2, 0.25) is 0 Å². The number of pyridine rings is 1. The van der Waals surface area contributed by atoms with Crippen molar-refractivity contribution in [3.8, 4) is 11.4 Å². The Kier molecular flexibility index (Phi) is 4.87. The van der Waals surface area contributed by atoms with Crippen molar-refractivity contribution >= 4 is 22.8 Å². The van der Waals surface area contributed by atoms with Gasteiger partial charge in [-0.3, -0.25) is 9.36 Å². The number of methoxy groups -OCH3 is 1. The number of rotatable bonds is 5. The summed E-state index contributed by atoms with van der Waals surface area (Å²) in [4.78, 5) is 30.1. The van der Waals surface area contributed by atoms with Crippen LogP contribution < -0.4 is 15.7 Å². The van der Waals surface area contributed by atoms with E-state index in [4.69, 9.17) is 4.74 Å². The number of ether oxygens (including phenoxy) is 1. The second-order valence-electron chi connectivity index (χ2n) is 6.66. The number of nitrogens with zero attached hydrogens (tertiary/aromatic N) is 3. The minimum Gasteiger partial charge on any atom is -0.497 e. The topological polar surface area (TPSA) is 78.1 Å². The van der Waals surface area contributed by atoms with Crippen molar-refractivity contribution in [2.24, 2.45) is 0 Å². The van der Waals surface area contributed by atoms with Crippen molar-refractivity contribution in [2.45, 2.75) is 13.5 Å². The van der Waals surface area contributed by atoms with Gasteiger partial charge in [-0.1, -0.05) is 17.7 Å². The predicted molar refractivity (Wildman–Crippen MR) is 112 cm³/mol. The molecule has 0 fully saturated rings. The number of hydrogen-bond donors (Lipinski definition) is 1. The molecule has 7 heteroatoms. The van der Waals surface area contributed by atoms with Gasteiger partial charge in [0.05, 0.1) is 18.3 Å². The Morgan fingerprint density at radius 2 is 1.79 bits per heavy atom. The number of aryl methyl sites for hydroxylation is 1. The van der Waals surface area contributed by atoms with Crippen molar-refractivity contribution in [1.29, 1.82) is 0 Å². The van der Waals surface area contributed by atoms with Crippen LogP contribution in [-0.4, -0.2) is 27.1 Å². The Labute approximate surface area is 167 Å². The lowest BCUT2D eigenvalue weighted by Gasteiger charge is -2.07. The van der Waals surface area contributed by atoms with Crippen LogP contribution >= 0.6 is 0 Å². The summed E-state index contributed by atoms with van der Waals surface area (Å²) in [6.07, 6.45) is 1.63. The van der Waals surface area contributed by atoms with E-state index in [-0.39, 0.29) is 18.1 Å². The van der Waals surface area contributed by atoms with E-state index >= 15 is 0 Å². The lowest BCUT2D eigenvalue weighted by Crippen LogP contribution is -2.28. The molecule has 146 valence electrons. The highest BCUT2D eigenvalue weighted by Crippen LogP contribution is 2.17. The van der Waals surface area contributed by atoms with Crippen molar-refractivity contribution < 1.29 is 9.53 Å². The molecule has 0 spiro atoms. The van der Waals surface area contributed by atoms with Crippen molar-refractivity contribution in [2.75, 3.05) is 12.4 Å². The molecule has 2 aromatic carbocycles. The second kappa shape index (κ2) is 7.63. The van der Waals surface area contributed by atoms with Crippen LogP contribution in [0.1, 0.15) is 5.56 Å². The summed E-state index contributed by atoms with van der Waals surface area (Å²) in [6.45, 7) is 1.86. The third-order valence-corrected chi connectivity index (χ3v) is 4.66. The van der Waals surface area contributed by atoms with E-state index in [0.29, 0.717) is 28.3 Å². The van der Waals surface area contributed by atoms with Gasteiger partial charge in [-0.05, 0) is 55.5 Å². The smallest absolute Gasteiger partial charge is 0.335 e. The standard InChI is InChI=1S/C22H20N4O3/c1-15-5-9-17(10-6-15)26-21-19(4-3-13-23-21)25(22(26)28)14-20(27)24-16-7-11-18(29-2)12-8-16/h3-13H,14H2,1-2H3,(H,24,27). The van der Waals surface area contributed by atoms with E-state index in [2.05, 4.69) is 10.3 Å². The van der Waals surface area contributed by atoms with Gasteiger partial charge in [0, 0.05) is 11.9 Å². The van der Waals surface area contributed by atoms with Crippen molar-refractivity contribution in [1.82, 2.24) is 14.1 Å². The first-order chi connectivity index (χ1) is 14.1. The number of anilines is 1. The number of amides is 1. The highest BCUT2D eigenvalue weighted by molar-refractivity contribution is 5.91. The molecule has 1 amide bonds. The van der Waals surface area contributed by atoms with E-state index in [1.54, 1.807) is 49.7 Å². The maximum absolute atomic E-state index is 13.1. The lowest BCUT2D eigenvalue weighted by molar-refractivity contribution is -0.116. The van der Waals surface area contributed by atoms with E-state index in [9.17, 15) is 9.59 Å². The van der Waals surface area contributed by atoms with Crippen LogP contribution in [0.4, 0.5) is 5.69 Å². The Hall–Kier alpha value is -3.87. The molecule has 4 aromatic rings. The fourth-order valence-corrected chi connectivity index (χ4v) is 3.18. The van der Waals surface area contributed by atoms with Crippen LogP contribution in [0, 0.1) is 6.92 Å². The Bertz CT molecular complexity index is 1220. The fourth-order valence-electron chi connectivity index (χ4n) is 3.18. The average molecular weight is 388 g/mol.